The maximum atomic E-state index is 13.0. The first-order valence-electron chi connectivity index (χ1n) is 11.1. The average molecular weight is 432 g/mol. The Labute approximate surface area is 179 Å². The summed E-state index contributed by atoms with van der Waals surface area (Å²) >= 11 is 0. The van der Waals surface area contributed by atoms with E-state index in [0.717, 1.165) is 5.56 Å². The molecule has 2 aliphatic heterocycles. The highest BCUT2D eigenvalue weighted by Gasteiger charge is 2.51. The summed E-state index contributed by atoms with van der Waals surface area (Å²) in [5.74, 6) is 1.20. The summed E-state index contributed by atoms with van der Waals surface area (Å²) in [5, 5.41) is 3.19. The number of amides is 1. The first-order chi connectivity index (χ1) is 14.1. The molecule has 2 heterocycles. The van der Waals surface area contributed by atoms with Gasteiger partial charge in [-0.05, 0) is 34.3 Å². The summed E-state index contributed by atoms with van der Waals surface area (Å²) < 4.78 is 18.0. The van der Waals surface area contributed by atoms with Crippen LogP contribution in [0.4, 0.5) is 0 Å². The minimum absolute atomic E-state index is 0.100. The number of fused-ring (bicyclic) bond motifs is 4. The molecule has 4 rings (SSSR count). The van der Waals surface area contributed by atoms with Gasteiger partial charge in [-0.25, -0.2) is 0 Å². The third-order valence-corrected chi connectivity index (χ3v) is 13.4. The highest BCUT2D eigenvalue weighted by Crippen LogP contribution is 2.48. The molecule has 0 saturated heterocycles. The van der Waals surface area contributed by atoms with Crippen molar-refractivity contribution >= 4 is 20.0 Å². The number of hydrogen-bond donors (Lipinski definition) is 1. The van der Waals surface area contributed by atoms with Crippen LogP contribution < -0.4 is 14.8 Å². The maximum absolute atomic E-state index is 13.0. The molecule has 1 saturated carbocycles. The van der Waals surface area contributed by atoms with E-state index in [-0.39, 0.29) is 36.5 Å². The Morgan fingerprint density at radius 1 is 0.967 bits per heavy atom. The lowest BCUT2D eigenvalue weighted by atomic mass is 9.74. The van der Waals surface area contributed by atoms with Crippen LogP contribution in [0.25, 0.3) is 0 Å². The third-order valence-electron chi connectivity index (χ3n) is 7.26. The quantitative estimate of drug-likeness (QED) is 0.693. The molecule has 0 aromatic heterocycles. The molecule has 1 amide bonds. The molecule has 0 bridgehead atoms. The lowest BCUT2D eigenvalue weighted by Crippen LogP contribution is -2.60. The predicted molar refractivity (Wildman–Crippen MR) is 117 cm³/mol. The summed E-state index contributed by atoms with van der Waals surface area (Å²) in [5.41, 5.74) is 2.68. The molecule has 3 atom stereocenters. The summed E-state index contributed by atoms with van der Waals surface area (Å²) in [7, 11) is -2.20. The van der Waals surface area contributed by atoms with Crippen LogP contribution in [0.5, 0.6) is 11.5 Å². The largest absolute Gasteiger partial charge is 0.454 e. The van der Waals surface area contributed by atoms with Gasteiger partial charge in [0.1, 0.15) is 5.78 Å². The van der Waals surface area contributed by atoms with Gasteiger partial charge in [0.05, 0.1) is 12.1 Å². The lowest BCUT2D eigenvalue weighted by Gasteiger charge is -2.49. The molecule has 6 nitrogen and oxygen atoms in total. The molecule has 164 valence electrons. The van der Waals surface area contributed by atoms with E-state index in [2.05, 4.69) is 46.9 Å². The van der Waals surface area contributed by atoms with Gasteiger partial charge in [0.2, 0.25) is 15.1 Å². The molecule has 1 fully saturated rings. The number of hydrogen-bond acceptors (Lipinski definition) is 5. The summed E-state index contributed by atoms with van der Waals surface area (Å²) in [6.07, 6.45) is 0.483. The number of rotatable bonds is 5. The molecule has 30 heavy (non-hydrogen) atoms. The van der Waals surface area contributed by atoms with Crippen molar-refractivity contribution < 1.29 is 23.5 Å². The van der Waals surface area contributed by atoms with Crippen molar-refractivity contribution in [2.45, 2.75) is 89.1 Å². The molecular weight excluding hydrogens is 398 g/mol. The van der Waals surface area contributed by atoms with Gasteiger partial charge in [-0.2, -0.15) is 0 Å². The van der Waals surface area contributed by atoms with E-state index < -0.39 is 8.32 Å². The smallest absolute Gasteiger partial charge is 0.252 e. The zero-order valence-electron chi connectivity index (χ0n) is 18.8. The van der Waals surface area contributed by atoms with Gasteiger partial charge in [-0.15, -0.1) is 0 Å². The minimum Gasteiger partial charge on any atom is -0.454 e. The number of Topliss-reactive ketones (excluding diaryl/α,β-unsaturated/α-hetero) is 1. The topological polar surface area (TPSA) is 73.9 Å². The monoisotopic (exact) mass is 431 g/mol. The number of benzene rings is 1. The Morgan fingerprint density at radius 3 is 2.17 bits per heavy atom. The van der Waals surface area contributed by atoms with E-state index in [1.807, 2.05) is 6.07 Å². The highest BCUT2D eigenvalue weighted by atomic mass is 28.4. The van der Waals surface area contributed by atoms with Gasteiger partial charge in [0.25, 0.3) is 5.91 Å². The standard InChI is InChI=1S/C23H33NO5Si/c1-12(2)30(13(3)4,14(5)6)29-21-8-15(25)7-17-16-9-19-20(28-11-27-19)10-18(16)23(26)24-22(17)21/h9-10,12-14,17,21-22H,7-8,11H2,1-6H3,(H,24,26)/t17-,21-,22-/m1/s1. The first-order valence-corrected chi connectivity index (χ1v) is 13.2. The Hall–Kier alpha value is -1.86. The Kier molecular flexibility index (Phi) is 5.47. The zero-order valence-corrected chi connectivity index (χ0v) is 19.8. The van der Waals surface area contributed by atoms with Crippen LogP contribution in [0, 0.1) is 0 Å². The fraction of sp³-hybridized carbons (Fsp3) is 0.652. The van der Waals surface area contributed by atoms with Crippen molar-refractivity contribution in [1.82, 2.24) is 5.32 Å². The number of carbonyl (C=O) groups excluding carboxylic acids is 2. The van der Waals surface area contributed by atoms with Gasteiger partial charge >= 0.3 is 0 Å². The van der Waals surface area contributed by atoms with Crippen molar-refractivity contribution in [3.63, 3.8) is 0 Å². The minimum atomic E-state index is -2.20. The second-order valence-corrected chi connectivity index (χ2v) is 15.2. The fourth-order valence-electron chi connectivity index (χ4n) is 6.04. The molecule has 1 aliphatic carbocycles. The number of ketones is 1. The number of nitrogens with one attached hydrogen (secondary N) is 1. The van der Waals surface area contributed by atoms with Crippen molar-refractivity contribution in [2.75, 3.05) is 6.79 Å². The lowest BCUT2D eigenvalue weighted by molar-refractivity contribution is -0.124. The summed E-state index contributed by atoms with van der Waals surface area (Å²) in [4.78, 5) is 25.8. The van der Waals surface area contributed by atoms with Crippen molar-refractivity contribution in [2.24, 2.45) is 0 Å². The van der Waals surface area contributed by atoms with Crippen LogP contribution in [0.1, 0.15) is 76.2 Å². The Morgan fingerprint density at radius 2 is 1.57 bits per heavy atom. The van der Waals surface area contributed by atoms with E-state index in [0.29, 0.717) is 46.5 Å². The van der Waals surface area contributed by atoms with Gasteiger partial charge in [-0.3, -0.25) is 9.59 Å². The van der Waals surface area contributed by atoms with Crippen LogP contribution in [-0.4, -0.2) is 38.9 Å². The number of ether oxygens (including phenoxy) is 2. The zero-order chi connectivity index (χ0) is 21.8. The molecule has 7 heteroatoms. The van der Waals surface area contributed by atoms with Crippen molar-refractivity contribution in [1.29, 1.82) is 0 Å². The maximum Gasteiger partial charge on any atom is 0.252 e. The molecule has 1 aromatic carbocycles. The summed E-state index contributed by atoms with van der Waals surface area (Å²) in [6.45, 7) is 13.6. The van der Waals surface area contributed by atoms with Crippen LogP contribution in [-0.2, 0) is 9.22 Å². The van der Waals surface area contributed by atoms with Crippen LogP contribution in [0.15, 0.2) is 12.1 Å². The summed E-state index contributed by atoms with van der Waals surface area (Å²) in [6, 6.07) is 3.43. The van der Waals surface area contributed by atoms with Crippen LogP contribution in [0.2, 0.25) is 16.6 Å². The fourth-order valence-corrected chi connectivity index (χ4v) is 11.6. The molecule has 0 spiro atoms. The SMILES string of the molecule is CC(C)[Si](O[C@@H]1CC(=O)C[C@@H]2c3cc4c(cc3C(=O)N[C@H]21)OCO4)(C(C)C)C(C)C. The second kappa shape index (κ2) is 7.68. The second-order valence-electron chi connectivity index (χ2n) is 9.82. The molecular formula is C23H33NO5Si. The van der Waals surface area contributed by atoms with E-state index in [1.165, 1.54) is 0 Å². The predicted octanol–water partition coefficient (Wildman–Crippen LogP) is 4.53. The Balaban J connectivity index is 1.73. The van der Waals surface area contributed by atoms with E-state index >= 15 is 0 Å². The van der Waals surface area contributed by atoms with Gasteiger partial charge < -0.3 is 19.2 Å². The van der Waals surface area contributed by atoms with Crippen molar-refractivity contribution in [3.8, 4) is 11.5 Å². The van der Waals surface area contributed by atoms with Gasteiger partial charge in [0, 0.05) is 24.3 Å². The normalized spacial score (nSPS) is 25.6. The van der Waals surface area contributed by atoms with Crippen molar-refractivity contribution in [3.05, 3.63) is 23.3 Å². The molecule has 0 unspecified atom stereocenters. The van der Waals surface area contributed by atoms with E-state index in [1.54, 1.807) is 6.07 Å². The first kappa shape index (κ1) is 21.4. The van der Waals surface area contributed by atoms with Gasteiger partial charge in [0.15, 0.2) is 11.5 Å². The third kappa shape index (κ3) is 3.26. The van der Waals surface area contributed by atoms with Crippen LogP contribution in [0.3, 0.4) is 0 Å². The van der Waals surface area contributed by atoms with Crippen LogP contribution >= 0.6 is 0 Å². The van der Waals surface area contributed by atoms with E-state index in [9.17, 15) is 9.59 Å². The molecule has 1 N–H and O–H groups in total. The number of carbonyl (C=O) groups is 2. The molecule has 3 aliphatic rings. The Bertz CT molecular complexity index is 844. The molecule has 1 aromatic rings. The van der Waals surface area contributed by atoms with Gasteiger partial charge in [-0.1, -0.05) is 41.5 Å². The molecule has 0 radical (unpaired) electrons. The van der Waals surface area contributed by atoms with E-state index in [4.69, 9.17) is 13.9 Å². The average Bonchev–Trinajstić information content (AvgIpc) is 3.12. The highest BCUT2D eigenvalue weighted by molar-refractivity contribution is 6.77.